The summed E-state index contributed by atoms with van der Waals surface area (Å²) < 4.78 is 1.96. The SMILES string of the molecule is C=C(C)CN(CC)Cc1cn2cc(Cl)ccc2n1. The van der Waals surface area contributed by atoms with Gasteiger partial charge in [-0.3, -0.25) is 4.90 Å². The molecule has 0 N–H and O–H groups in total. The third kappa shape index (κ3) is 3.12. The summed E-state index contributed by atoms with van der Waals surface area (Å²) in [5, 5.41) is 0.723. The van der Waals surface area contributed by atoms with E-state index >= 15 is 0 Å². The molecule has 0 saturated heterocycles. The standard InChI is InChI=1S/C14H18ClN3/c1-4-17(7-11(2)3)9-13-10-18-8-12(15)5-6-14(18)16-13/h5-6,8,10H,2,4,7,9H2,1,3H3. The van der Waals surface area contributed by atoms with Gasteiger partial charge in [-0.25, -0.2) is 4.98 Å². The molecule has 0 aliphatic heterocycles. The molecule has 4 heteroatoms. The number of nitrogens with zero attached hydrogens (tertiary/aromatic N) is 3. The van der Waals surface area contributed by atoms with Crippen LogP contribution in [-0.4, -0.2) is 27.4 Å². The molecule has 0 aliphatic rings. The van der Waals surface area contributed by atoms with E-state index in [9.17, 15) is 0 Å². The maximum Gasteiger partial charge on any atom is 0.137 e. The number of hydrogen-bond acceptors (Lipinski definition) is 2. The highest BCUT2D eigenvalue weighted by Gasteiger charge is 2.07. The van der Waals surface area contributed by atoms with E-state index in [4.69, 9.17) is 11.6 Å². The van der Waals surface area contributed by atoms with Gasteiger partial charge >= 0.3 is 0 Å². The summed E-state index contributed by atoms with van der Waals surface area (Å²) in [5.74, 6) is 0. The van der Waals surface area contributed by atoms with E-state index in [1.54, 1.807) is 0 Å². The van der Waals surface area contributed by atoms with Gasteiger partial charge < -0.3 is 4.40 Å². The summed E-state index contributed by atoms with van der Waals surface area (Å²) in [5.41, 5.74) is 3.16. The van der Waals surface area contributed by atoms with Crippen molar-refractivity contribution in [3.05, 3.63) is 47.4 Å². The average Bonchev–Trinajstić information content (AvgIpc) is 2.68. The van der Waals surface area contributed by atoms with E-state index in [1.165, 1.54) is 5.57 Å². The molecule has 0 fully saturated rings. The summed E-state index contributed by atoms with van der Waals surface area (Å²) in [6.07, 6.45) is 3.91. The van der Waals surface area contributed by atoms with Crippen molar-refractivity contribution in [2.75, 3.05) is 13.1 Å². The molecule has 0 aromatic carbocycles. The fourth-order valence-corrected chi connectivity index (χ4v) is 2.15. The van der Waals surface area contributed by atoms with Crippen molar-refractivity contribution in [2.24, 2.45) is 0 Å². The van der Waals surface area contributed by atoms with Gasteiger partial charge in [0.25, 0.3) is 0 Å². The quantitative estimate of drug-likeness (QED) is 0.771. The zero-order valence-electron chi connectivity index (χ0n) is 10.9. The predicted molar refractivity (Wildman–Crippen MR) is 76.0 cm³/mol. The second-order valence-corrected chi connectivity index (χ2v) is 5.04. The van der Waals surface area contributed by atoms with Gasteiger partial charge in [0, 0.05) is 25.5 Å². The fraction of sp³-hybridized carbons (Fsp3) is 0.357. The Hall–Kier alpha value is -1.32. The van der Waals surface area contributed by atoms with Crippen LogP contribution >= 0.6 is 11.6 Å². The Morgan fingerprint density at radius 3 is 2.89 bits per heavy atom. The van der Waals surface area contributed by atoms with Crippen molar-refractivity contribution in [1.82, 2.24) is 14.3 Å². The molecular weight excluding hydrogens is 246 g/mol. The van der Waals surface area contributed by atoms with Gasteiger partial charge in [0.15, 0.2) is 0 Å². The van der Waals surface area contributed by atoms with Crippen LogP contribution in [0, 0.1) is 0 Å². The predicted octanol–water partition coefficient (Wildman–Crippen LogP) is 3.39. The van der Waals surface area contributed by atoms with E-state index in [1.807, 2.05) is 35.9 Å². The smallest absolute Gasteiger partial charge is 0.137 e. The van der Waals surface area contributed by atoms with E-state index in [2.05, 4.69) is 23.4 Å². The van der Waals surface area contributed by atoms with Crippen molar-refractivity contribution in [2.45, 2.75) is 20.4 Å². The minimum atomic E-state index is 0.723. The summed E-state index contributed by atoms with van der Waals surface area (Å²) in [6.45, 7) is 10.9. The van der Waals surface area contributed by atoms with Gasteiger partial charge in [-0.1, -0.05) is 30.7 Å². The van der Waals surface area contributed by atoms with Gasteiger partial charge in [0.1, 0.15) is 5.65 Å². The third-order valence-corrected chi connectivity index (χ3v) is 3.01. The Kier molecular flexibility index (Phi) is 4.04. The van der Waals surface area contributed by atoms with Gasteiger partial charge in [0.2, 0.25) is 0 Å². The Morgan fingerprint density at radius 1 is 1.44 bits per heavy atom. The first kappa shape index (κ1) is 13.1. The van der Waals surface area contributed by atoms with Gasteiger partial charge in [-0.2, -0.15) is 0 Å². The van der Waals surface area contributed by atoms with Gasteiger partial charge in [-0.15, -0.1) is 0 Å². The normalized spacial score (nSPS) is 11.3. The first-order chi connectivity index (χ1) is 8.58. The highest BCUT2D eigenvalue weighted by Crippen LogP contribution is 2.13. The Labute approximate surface area is 113 Å². The molecule has 3 nitrogen and oxygen atoms in total. The molecular formula is C14H18ClN3. The lowest BCUT2D eigenvalue weighted by Gasteiger charge is -2.18. The molecule has 0 unspecified atom stereocenters. The van der Waals surface area contributed by atoms with Crippen molar-refractivity contribution in [3.8, 4) is 0 Å². The van der Waals surface area contributed by atoms with Crippen molar-refractivity contribution in [3.63, 3.8) is 0 Å². The molecule has 0 aliphatic carbocycles. The largest absolute Gasteiger partial charge is 0.305 e. The first-order valence-electron chi connectivity index (χ1n) is 6.08. The highest BCUT2D eigenvalue weighted by molar-refractivity contribution is 6.30. The van der Waals surface area contributed by atoms with Crippen LogP contribution in [0.5, 0.6) is 0 Å². The van der Waals surface area contributed by atoms with E-state index in [0.29, 0.717) is 0 Å². The lowest BCUT2D eigenvalue weighted by atomic mass is 10.3. The number of aromatic nitrogens is 2. The number of hydrogen-bond donors (Lipinski definition) is 0. The molecule has 2 heterocycles. The van der Waals surface area contributed by atoms with Gasteiger partial charge in [0.05, 0.1) is 10.7 Å². The zero-order chi connectivity index (χ0) is 13.1. The zero-order valence-corrected chi connectivity index (χ0v) is 11.6. The van der Waals surface area contributed by atoms with E-state index in [0.717, 1.165) is 36.0 Å². The maximum absolute atomic E-state index is 5.96. The van der Waals surface area contributed by atoms with Crippen LogP contribution < -0.4 is 0 Å². The van der Waals surface area contributed by atoms with E-state index < -0.39 is 0 Å². The number of rotatable bonds is 5. The van der Waals surface area contributed by atoms with Crippen molar-refractivity contribution < 1.29 is 0 Å². The molecule has 0 amide bonds. The minimum absolute atomic E-state index is 0.723. The Morgan fingerprint density at radius 2 is 2.22 bits per heavy atom. The molecule has 0 saturated carbocycles. The average molecular weight is 264 g/mol. The summed E-state index contributed by atoms with van der Waals surface area (Å²) in [7, 11) is 0. The molecule has 2 aromatic rings. The lowest BCUT2D eigenvalue weighted by molar-refractivity contribution is 0.301. The van der Waals surface area contributed by atoms with Crippen molar-refractivity contribution in [1.29, 1.82) is 0 Å². The molecule has 2 rings (SSSR count). The first-order valence-corrected chi connectivity index (χ1v) is 6.46. The molecule has 96 valence electrons. The second kappa shape index (κ2) is 5.55. The van der Waals surface area contributed by atoms with Crippen LogP contribution in [0.1, 0.15) is 19.5 Å². The lowest BCUT2D eigenvalue weighted by Crippen LogP contribution is -2.24. The van der Waals surface area contributed by atoms with Crippen LogP contribution in [-0.2, 0) is 6.54 Å². The van der Waals surface area contributed by atoms with Crippen LogP contribution in [0.4, 0.5) is 0 Å². The second-order valence-electron chi connectivity index (χ2n) is 4.61. The molecule has 2 aromatic heterocycles. The van der Waals surface area contributed by atoms with Crippen molar-refractivity contribution >= 4 is 17.2 Å². The van der Waals surface area contributed by atoms with Crippen LogP contribution in [0.2, 0.25) is 5.02 Å². The molecule has 0 spiro atoms. The van der Waals surface area contributed by atoms with Crippen LogP contribution in [0.3, 0.4) is 0 Å². The number of likely N-dealkylation sites (N-methyl/N-ethyl adjacent to an activating group) is 1. The Bertz CT molecular complexity index is 559. The number of imidazole rings is 1. The summed E-state index contributed by atoms with van der Waals surface area (Å²) in [6, 6.07) is 3.79. The maximum atomic E-state index is 5.96. The van der Waals surface area contributed by atoms with Crippen LogP contribution in [0.15, 0.2) is 36.7 Å². The number of pyridine rings is 1. The summed E-state index contributed by atoms with van der Waals surface area (Å²) in [4.78, 5) is 6.89. The Balaban J connectivity index is 2.18. The topological polar surface area (TPSA) is 20.5 Å². The summed E-state index contributed by atoms with van der Waals surface area (Å²) >= 11 is 5.96. The molecule has 18 heavy (non-hydrogen) atoms. The molecule has 0 bridgehead atoms. The number of halogens is 1. The third-order valence-electron chi connectivity index (χ3n) is 2.79. The molecule has 0 atom stereocenters. The van der Waals surface area contributed by atoms with Gasteiger partial charge in [-0.05, 0) is 25.6 Å². The fourth-order valence-electron chi connectivity index (χ4n) is 1.98. The number of fused-ring (bicyclic) bond motifs is 1. The molecule has 0 radical (unpaired) electrons. The van der Waals surface area contributed by atoms with Crippen LogP contribution in [0.25, 0.3) is 5.65 Å². The highest BCUT2D eigenvalue weighted by atomic mass is 35.5. The monoisotopic (exact) mass is 263 g/mol. The minimum Gasteiger partial charge on any atom is -0.305 e. The van der Waals surface area contributed by atoms with E-state index in [-0.39, 0.29) is 0 Å².